The third-order valence-corrected chi connectivity index (χ3v) is 5.92. The molecule has 0 aromatic heterocycles. The Bertz CT molecular complexity index is 973. The molecule has 0 aliphatic carbocycles. The number of benzene rings is 2. The van der Waals surface area contributed by atoms with Gasteiger partial charge in [-0.25, -0.2) is 4.79 Å². The van der Waals surface area contributed by atoms with Gasteiger partial charge in [-0.1, -0.05) is 55.0 Å². The summed E-state index contributed by atoms with van der Waals surface area (Å²) in [4.78, 5) is 41.8. The Morgan fingerprint density at radius 3 is 2.62 bits per heavy atom. The van der Waals surface area contributed by atoms with E-state index >= 15 is 0 Å². The highest BCUT2D eigenvalue weighted by Crippen LogP contribution is 2.33. The number of imide groups is 1. The molecule has 1 atom stereocenters. The molecule has 4 amide bonds. The van der Waals surface area contributed by atoms with E-state index in [1.807, 2.05) is 56.3 Å². The molecule has 6 heteroatoms. The second-order valence-electron chi connectivity index (χ2n) is 7.73. The van der Waals surface area contributed by atoms with Crippen molar-refractivity contribution in [1.82, 2.24) is 10.2 Å². The fraction of sp³-hybridized carbons (Fsp3) is 0.348. The summed E-state index contributed by atoms with van der Waals surface area (Å²) in [7, 11) is 0. The first-order chi connectivity index (χ1) is 14.0. The number of amides is 4. The van der Waals surface area contributed by atoms with E-state index in [-0.39, 0.29) is 18.4 Å². The molecule has 1 saturated heterocycles. The van der Waals surface area contributed by atoms with Gasteiger partial charge in [-0.2, -0.15) is 0 Å². The molecule has 2 heterocycles. The lowest BCUT2D eigenvalue weighted by atomic mass is 9.87. The van der Waals surface area contributed by atoms with E-state index in [1.54, 1.807) is 4.90 Å². The smallest absolute Gasteiger partial charge is 0.319 e. The minimum Gasteiger partial charge on any atom is -0.319 e. The number of aryl methyl sites for hydroxylation is 2. The van der Waals surface area contributed by atoms with Gasteiger partial charge in [0.05, 0.1) is 0 Å². The van der Waals surface area contributed by atoms with Crippen LogP contribution in [0.3, 0.4) is 0 Å². The van der Waals surface area contributed by atoms with Gasteiger partial charge >= 0.3 is 6.03 Å². The van der Waals surface area contributed by atoms with Crippen LogP contribution < -0.4 is 10.2 Å². The van der Waals surface area contributed by atoms with E-state index in [0.29, 0.717) is 13.0 Å². The molecule has 0 unspecified atom stereocenters. The molecule has 0 spiro atoms. The molecule has 1 fully saturated rings. The predicted molar refractivity (Wildman–Crippen MR) is 111 cm³/mol. The molecule has 2 aromatic rings. The van der Waals surface area contributed by atoms with Crippen LogP contribution >= 0.6 is 0 Å². The molecule has 0 bridgehead atoms. The first-order valence-corrected chi connectivity index (χ1v) is 10.1. The Morgan fingerprint density at radius 2 is 1.90 bits per heavy atom. The number of hydrogen-bond donors (Lipinski definition) is 1. The SMILES string of the molecule is CC[C@@]1(c2ccccc2)NC(=O)N(CC(=O)N2CCCc3cc(C)ccc32)C1=O. The summed E-state index contributed by atoms with van der Waals surface area (Å²) < 4.78 is 0. The number of nitrogens with one attached hydrogen (secondary N) is 1. The minimum absolute atomic E-state index is 0.238. The summed E-state index contributed by atoms with van der Waals surface area (Å²) in [6.45, 7) is 4.23. The van der Waals surface area contributed by atoms with Crippen molar-refractivity contribution >= 4 is 23.5 Å². The maximum atomic E-state index is 13.2. The van der Waals surface area contributed by atoms with Crippen LogP contribution in [-0.2, 0) is 21.5 Å². The zero-order valence-electron chi connectivity index (χ0n) is 16.8. The molecular weight excluding hydrogens is 366 g/mol. The van der Waals surface area contributed by atoms with Gasteiger partial charge in [-0.05, 0) is 43.4 Å². The number of fused-ring (bicyclic) bond motifs is 1. The molecule has 1 N–H and O–H groups in total. The maximum absolute atomic E-state index is 13.2. The summed E-state index contributed by atoms with van der Waals surface area (Å²) >= 11 is 0. The maximum Gasteiger partial charge on any atom is 0.325 e. The minimum atomic E-state index is -1.12. The molecule has 2 aromatic carbocycles. The quantitative estimate of drug-likeness (QED) is 0.814. The lowest BCUT2D eigenvalue weighted by Gasteiger charge is -2.31. The van der Waals surface area contributed by atoms with Crippen LogP contribution in [0.25, 0.3) is 0 Å². The van der Waals surface area contributed by atoms with Gasteiger partial charge < -0.3 is 10.2 Å². The fourth-order valence-corrected chi connectivity index (χ4v) is 4.34. The van der Waals surface area contributed by atoms with Crippen LogP contribution in [0.15, 0.2) is 48.5 Å². The van der Waals surface area contributed by atoms with Crippen LogP contribution in [-0.4, -0.2) is 35.8 Å². The molecular formula is C23H25N3O3. The topological polar surface area (TPSA) is 69.7 Å². The van der Waals surface area contributed by atoms with Crippen molar-refractivity contribution in [1.29, 1.82) is 0 Å². The standard InChI is InChI=1S/C23H25N3O3/c1-3-23(18-9-5-4-6-10-18)21(28)26(22(29)24-23)15-20(27)25-13-7-8-17-14-16(2)11-12-19(17)25/h4-6,9-12,14H,3,7-8,13,15H2,1-2H3,(H,24,29)/t23-/m0/s1. The van der Waals surface area contributed by atoms with E-state index < -0.39 is 11.6 Å². The molecule has 0 radical (unpaired) electrons. The average Bonchev–Trinajstić information content (AvgIpc) is 2.98. The summed E-state index contributed by atoms with van der Waals surface area (Å²) in [6.07, 6.45) is 2.21. The highest BCUT2D eigenvalue weighted by atomic mass is 16.2. The Labute approximate surface area is 170 Å². The lowest BCUT2D eigenvalue weighted by Crippen LogP contribution is -2.46. The summed E-state index contributed by atoms with van der Waals surface area (Å²) in [5, 5.41) is 2.83. The van der Waals surface area contributed by atoms with Crippen molar-refractivity contribution in [2.75, 3.05) is 18.0 Å². The number of carbonyl (C=O) groups is 3. The number of carbonyl (C=O) groups excluding carboxylic acids is 3. The Kier molecular flexibility index (Phi) is 4.86. The summed E-state index contributed by atoms with van der Waals surface area (Å²) in [6, 6.07) is 14.7. The van der Waals surface area contributed by atoms with Crippen molar-refractivity contribution < 1.29 is 14.4 Å². The number of urea groups is 1. The largest absolute Gasteiger partial charge is 0.325 e. The van der Waals surface area contributed by atoms with Crippen molar-refractivity contribution in [3.05, 3.63) is 65.2 Å². The second-order valence-corrected chi connectivity index (χ2v) is 7.73. The number of nitrogens with zero attached hydrogens (tertiary/aromatic N) is 2. The normalized spacial score (nSPS) is 21.2. The van der Waals surface area contributed by atoms with E-state index in [2.05, 4.69) is 11.4 Å². The lowest BCUT2D eigenvalue weighted by molar-refractivity contribution is -0.134. The zero-order valence-corrected chi connectivity index (χ0v) is 16.8. The van der Waals surface area contributed by atoms with Crippen molar-refractivity contribution in [3.63, 3.8) is 0 Å². The van der Waals surface area contributed by atoms with Crippen LogP contribution in [0.2, 0.25) is 0 Å². The van der Waals surface area contributed by atoms with Crippen molar-refractivity contribution in [2.45, 2.75) is 38.6 Å². The van der Waals surface area contributed by atoms with E-state index in [0.717, 1.165) is 40.1 Å². The third-order valence-electron chi connectivity index (χ3n) is 5.92. The first-order valence-electron chi connectivity index (χ1n) is 10.1. The van der Waals surface area contributed by atoms with Crippen LogP contribution in [0.4, 0.5) is 10.5 Å². The Morgan fingerprint density at radius 1 is 1.14 bits per heavy atom. The monoisotopic (exact) mass is 391 g/mol. The molecule has 2 aliphatic heterocycles. The van der Waals surface area contributed by atoms with E-state index in [9.17, 15) is 14.4 Å². The number of rotatable bonds is 4. The Balaban J connectivity index is 1.58. The van der Waals surface area contributed by atoms with Crippen LogP contribution in [0.5, 0.6) is 0 Å². The van der Waals surface area contributed by atoms with Crippen molar-refractivity contribution in [2.24, 2.45) is 0 Å². The van der Waals surface area contributed by atoms with E-state index in [1.165, 1.54) is 0 Å². The Hall–Kier alpha value is -3.15. The predicted octanol–water partition coefficient (Wildman–Crippen LogP) is 3.13. The molecule has 6 nitrogen and oxygen atoms in total. The van der Waals surface area contributed by atoms with Crippen LogP contribution in [0, 0.1) is 6.92 Å². The molecule has 2 aliphatic rings. The van der Waals surface area contributed by atoms with Gasteiger partial charge in [0, 0.05) is 12.2 Å². The summed E-state index contributed by atoms with van der Waals surface area (Å²) in [5.74, 6) is -0.607. The molecule has 4 rings (SSSR count). The van der Waals surface area contributed by atoms with Gasteiger partial charge in [0.15, 0.2) is 0 Å². The van der Waals surface area contributed by atoms with Gasteiger partial charge in [0.2, 0.25) is 5.91 Å². The second kappa shape index (κ2) is 7.35. The van der Waals surface area contributed by atoms with Gasteiger partial charge in [-0.3, -0.25) is 14.5 Å². The average molecular weight is 391 g/mol. The molecule has 29 heavy (non-hydrogen) atoms. The number of hydrogen-bond acceptors (Lipinski definition) is 3. The van der Waals surface area contributed by atoms with Gasteiger partial charge in [-0.15, -0.1) is 0 Å². The molecule has 150 valence electrons. The third kappa shape index (κ3) is 3.18. The highest BCUT2D eigenvalue weighted by molar-refractivity contribution is 6.10. The first kappa shape index (κ1) is 19.2. The van der Waals surface area contributed by atoms with Gasteiger partial charge in [0.1, 0.15) is 12.1 Å². The number of anilines is 1. The van der Waals surface area contributed by atoms with Crippen molar-refractivity contribution in [3.8, 4) is 0 Å². The molecule has 0 saturated carbocycles. The highest BCUT2D eigenvalue weighted by Gasteiger charge is 2.51. The fourth-order valence-electron chi connectivity index (χ4n) is 4.34. The zero-order chi connectivity index (χ0) is 20.6. The van der Waals surface area contributed by atoms with Crippen LogP contribution in [0.1, 0.15) is 36.5 Å². The summed E-state index contributed by atoms with van der Waals surface area (Å²) in [5.41, 5.74) is 2.78. The van der Waals surface area contributed by atoms with E-state index in [4.69, 9.17) is 0 Å². The van der Waals surface area contributed by atoms with Gasteiger partial charge in [0.25, 0.3) is 5.91 Å².